The van der Waals surface area contributed by atoms with E-state index in [9.17, 15) is 14.7 Å². The standard InChI is InChI=1S/C36H45N3O4/c1-23-18-19-37-22-28(23)26-16-17-29(43-5)27(20-26)21-38-31-30(36(2,3)4)33(35(41)42)39(32(31)24-12-8-6-9-13-24)34(40)25-14-10-7-11-15-25/h6,8-9,12-13,16-20,22,25,30-33,38H,7,10-11,14-15,21H2,1-5H3,(H,41,42)/t30-,31-,32-,33-/m0/s1. The van der Waals surface area contributed by atoms with Gasteiger partial charge >= 0.3 is 5.97 Å². The Morgan fingerprint density at radius 1 is 1.05 bits per heavy atom. The molecule has 0 bridgehead atoms. The first-order valence-electron chi connectivity index (χ1n) is 15.5. The molecule has 7 heteroatoms. The van der Waals surface area contributed by atoms with Crippen molar-refractivity contribution in [1.29, 1.82) is 0 Å². The van der Waals surface area contributed by atoms with Crippen molar-refractivity contribution in [2.24, 2.45) is 17.3 Å². The minimum absolute atomic E-state index is 0.0221. The van der Waals surface area contributed by atoms with Gasteiger partial charge in [0.15, 0.2) is 0 Å². The third kappa shape index (κ3) is 6.32. The van der Waals surface area contributed by atoms with E-state index >= 15 is 0 Å². The maximum absolute atomic E-state index is 14.3. The largest absolute Gasteiger partial charge is 0.496 e. The quantitative estimate of drug-likeness (QED) is 0.303. The number of likely N-dealkylation sites (tertiary alicyclic amines) is 1. The van der Waals surface area contributed by atoms with Crippen LogP contribution in [0.5, 0.6) is 5.75 Å². The maximum Gasteiger partial charge on any atom is 0.326 e. The molecule has 1 saturated heterocycles. The zero-order chi connectivity index (χ0) is 30.7. The number of nitrogens with one attached hydrogen (secondary N) is 1. The number of aliphatic carboxylic acids is 1. The first-order chi connectivity index (χ1) is 20.6. The number of aromatic nitrogens is 1. The van der Waals surface area contributed by atoms with Crippen LogP contribution in [-0.4, -0.2) is 46.1 Å². The van der Waals surface area contributed by atoms with Crippen molar-refractivity contribution in [1.82, 2.24) is 15.2 Å². The summed E-state index contributed by atoms with van der Waals surface area (Å²) in [4.78, 5) is 33.5. The van der Waals surface area contributed by atoms with Crippen molar-refractivity contribution in [2.75, 3.05) is 7.11 Å². The van der Waals surface area contributed by atoms with Crippen LogP contribution in [0.25, 0.3) is 11.1 Å². The molecule has 5 rings (SSSR count). The molecular formula is C36H45N3O4. The van der Waals surface area contributed by atoms with Gasteiger partial charge in [-0.1, -0.05) is 76.4 Å². The van der Waals surface area contributed by atoms with Crippen molar-refractivity contribution < 1.29 is 19.4 Å². The van der Waals surface area contributed by atoms with E-state index in [-0.39, 0.29) is 23.8 Å². The minimum atomic E-state index is -0.944. The molecule has 4 atom stereocenters. The zero-order valence-corrected chi connectivity index (χ0v) is 26.0. The SMILES string of the molecule is COc1ccc(-c2cnccc2C)cc1CN[C@H]1[C@H](C(C)(C)C)[C@@H](C(=O)O)N(C(=O)C2CCCCC2)[C@H]1c1ccccc1. The van der Waals surface area contributed by atoms with Gasteiger partial charge in [-0.2, -0.15) is 0 Å². The first kappa shape index (κ1) is 30.7. The van der Waals surface area contributed by atoms with E-state index in [2.05, 4.69) is 44.1 Å². The molecule has 2 aliphatic rings. The predicted molar refractivity (Wildman–Crippen MR) is 169 cm³/mol. The molecule has 3 aromatic rings. The smallest absolute Gasteiger partial charge is 0.326 e. The summed E-state index contributed by atoms with van der Waals surface area (Å²) in [5, 5.41) is 14.5. The summed E-state index contributed by atoms with van der Waals surface area (Å²) >= 11 is 0. The Labute approximate surface area is 255 Å². The molecule has 1 aliphatic heterocycles. The Morgan fingerprint density at radius 3 is 2.40 bits per heavy atom. The molecule has 1 aromatic heterocycles. The second-order valence-corrected chi connectivity index (χ2v) is 13.2. The Balaban J connectivity index is 1.58. The summed E-state index contributed by atoms with van der Waals surface area (Å²) in [5.41, 5.74) is 4.75. The minimum Gasteiger partial charge on any atom is -0.496 e. The number of hydrogen-bond donors (Lipinski definition) is 2. The normalized spacial score (nSPS) is 22.9. The van der Waals surface area contributed by atoms with Gasteiger partial charge in [0.25, 0.3) is 0 Å². The molecule has 1 saturated carbocycles. The molecule has 43 heavy (non-hydrogen) atoms. The first-order valence-corrected chi connectivity index (χ1v) is 15.5. The van der Waals surface area contributed by atoms with Gasteiger partial charge in [-0.05, 0) is 60.1 Å². The van der Waals surface area contributed by atoms with Crippen LogP contribution in [0.3, 0.4) is 0 Å². The Hall–Kier alpha value is -3.71. The number of methoxy groups -OCH3 is 1. The zero-order valence-electron chi connectivity index (χ0n) is 26.0. The lowest BCUT2D eigenvalue weighted by Gasteiger charge is -2.36. The highest BCUT2D eigenvalue weighted by molar-refractivity contribution is 5.87. The Morgan fingerprint density at radius 2 is 1.77 bits per heavy atom. The van der Waals surface area contributed by atoms with Gasteiger partial charge in [0.05, 0.1) is 13.2 Å². The van der Waals surface area contributed by atoms with Crippen molar-refractivity contribution >= 4 is 11.9 Å². The lowest BCUT2D eigenvalue weighted by Crippen LogP contribution is -2.49. The van der Waals surface area contributed by atoms with Gasteiger partial charge in [0, 0.05) is 47.9 Å². The molecule has 0 radical (unpaired) electrons. The summed E-state index contributed by atoms with van der Waals surface area (Å²) in [5.74, 6) is -0.686. The fourth-order valence-electron chi connectivity index (χ4n) is 7.37. The third-order valence-corrected chi connectivity index (χ3v) is 9.43. The van der Waals surface area contributed by atoms with E-state index in [1.807, 2.05) is 54.7 Å². The van der Waals surface area contributed by atoms with Crippen molar-refractivity contribution in [3.05, 3.63) is 83.7 Å². The van der Waals surface area contributed by atoms with Crippen LogP contribution in [0.15, 0.2) is 67.0 Å². The van der Waals surface area contributed by atoms with E-state index in [1.165, 1.54) is 0 Å². The van der Waals surface area contributed by atoms with Crippen molar-refractivity contribution in [3.8, 4) is 16.9 Å². The fraction of sp³-hybridized carbons (Fsp3) is 0.472. The topological polar surface area (TPSA) is 91.8 Å². The molecule has 7 nitrogen and oxygen atoms in total. The van der Waals surface area contributed by atoms with E-state index in [0.717, 1.165) is 65.7 Å². The highest BCUT2D eigenvalue weighted by atomic mass is 16.5. The van der Waals surface area contributed by atoms with Gasteiger partial charge in [0.2, 0.25) is 5.91 Å². The molecular weight excluding hydrogens is 538 g/mol. The van der Waals surface area contributed by atoms with Crippen LogP contribution in [0, 0.1) is 24.2 Å². The molecule has 1 amide bonds. The number of ether oxygens (including phenoxy) is 1. The number of pyridine rings is 1. The fourth-order valence-corrected chi connectivity index (χ4v) is 7.37. The second-order valence-electron chi connectivity index (χ2n) is 13.2. The average Bonchev–Trinajstić information content (AvgIpc) is 3.37. The summed E-state index contributed by atoms with van der Waals surface area (Å²) in [6.45, 7) is 8.79. The average molecular weight is 584 g/mol. The number of rotatable bonds is 8. The van der Waals surface area contributed by atoms with E-state index in [4.69, 9.17) is 4.74 Å². The summed E-state index contributed by atoms with van der Waals surface area (Å²) in [7, 11) is 1.67. The predicted octanol–water partition coefficient (Wildman–Crippen LogP) is 6.80. The van der Waals surface area contributed by atoms with Crippen LogP contribution < -0.4 is 10.1 Å². The Bertz CT molecular complexity index is 1430. The second kappa shape index (κ2) is 12.9. The molecule has 1 aliphatic carbocycles. The van der Waals surface area contributed by atoms with Crippen LogP contribution in [0.2, 0.25) is 0 Å². The van der Waals surface area contributed by atoms with E-state index < -0.39 is 23.5 Å². The summed E-state index contributed by atoms with van der Waals surface area (Å²) < 4.78 is 5.77. The molecule has 2 heterocycles. The van der Waals surface area contributed by atoms with Gasteiger partial charge in [-0.3, -0.25) is 9.78 Å². The van der Waals surface area contributed by atoms with Crippen LogP contribution >= 0.6 is 0 Å². The van der Waals surface area contributed by atoms with Crippen molar-refractivity contribution in [3.63, 3.8) is 0 Å². The van der Waals surface area contributed by atoms with Gasteiger partial charge in [-0.15, -0.1) is 0 Å². The van der Waals surface area contributed by atoms with Gasteiger partial charge < -0.3 is 20.1 Å². The maximum atomic E-state index is 14.3. The number of hydrogen-bond acceptors (Lipinski definition) is 5. The number of benzene rings is 2. The highest BCUT2D eigenvalue weighted by Gasteiger charge is 2.58. The van der Waals surface area contributed by atoms with Crippen LogP contribution in [-0.2, 0) is 16.1 Å². The van der Waals surface area contributed by atoms with Crippen LogP contribution in [0.1, 0.15) is 75.6 Å². The molecule has 228 valence electrons. The number of carbonyl (C=O) groups excluding carboxylic acids is 1. The Kier molecular flexibility index (Phi) is 9.21. The van der Waals surface area contributed by atoms with E-state index in [1.54, 1.807) is 18.2 Å². The van der Waals surface area contributed by atoms with Gasteiger partial charge in [0.1, 0.15) is 11.8 Å². The number of carbonyl (C=O) groups is 2. The molecule has 0 unspecified atom stereocenters. The highest BCUT2D eigenvalue weighted by Crippen LogP contribution is 2.49. The molecule has 2 N–H and O–H groups in total. The summed E-state index contributed by atoms with van der Waals surface area (Å²) in [6, 6.07) is 16.4. The van der Waals surface area contributed by atoms with Gasteiger partial charge in [-0.25, -0.2) is 4.79 Å². The number of amides is 1. The lowest BCUT2D eigenvalue weighted by atomic mass is 9.72. The number of carboxylic acids is 1. The van der Waals surface area contributed by atoms with Crippen molar-refractivity contribution in [2.45, 2.75) is 84.5 Å². The number of carboxylic acid groups (broad SMARTS) is 1. The molecule has 2 fully saturated rings. The number of aryl methyl sites for hydroxylation is 1. The van der Waals surface area contributed by atoms with Crippen LogP contribution in [0.4, 0.5) is 0 Å². The monoisotopic (exact) mass is 583 g/mol. The lowest BCUT2D eigenvalue weighted by molar-refractivity contribution is -0.154. The molecule has 0 spiro atoms. The third-order valence-electron chi connectivity index (χ3n) is 9.43. The number of nitrogens with zero attached hydrogens (tertiary/aromatic N) is 2. The van der Waals surface area contributed by atoms with E-state index in [0.29, 0.717) is 6.54 Å². The molecule has 2 aromatic carbocycles. The summed E-state index contributed by atoms with van der Waals surface area (Å²) in [6.07, 6.45) is 8.45.